The standard InChI is InChI=1S/C24H24N2O3/c27-21-19-14-25-12-8-20(19)24(29-21)11-13-26(15-24)22(28)23(9-10-23)18-6-4-17(5-7-18)16-2-1-3-16/h4-8,12,14,16H,1-3,9-11,13,15H2. The van der Waals surface area contributed by atoms with Crippen molar-refractivity contribution < 1.29 is 14.3 Å². The number of ether oxygens (including phenoxy) is 1. The van der Waals surface area contributed by atoms with Crippen molar-refractivity contribution in [1.29, 1.82) is 0 Å². The molecule has 2 saturated carbocycles. The van der Waals surface area contributed by atoms with Crippen molar-refractivity contribution in [2.24, 2.45) is 0 Å². The molecule has 3 fully saturated rings. The molecule has 6 rings (SSSR count). The molecular formula is C24H24N2O3. The molecule has 2 aliphatic heterocycles. The lowest BCUT2D eigenvalue weighted by Gasteiger charge is -2.28. The van der Waals surface area contributed by atoms with E-state index in [1.54, 1.807) is 12.4 Å². The van der Waals surface area contributed by atoms with Gasteiger partial charge in [-0.1, -0.05) is 30.7 Å². The second-order valence-electron chi connectivity index (χ2n) is 9.11. The quantitative estimate of drug-likeness (QED) is 0.753. The zero-order valence-corrected chi connectivity index (χ0v) is 16.4. The molecule has 3 heterocycles. The number of likely N-dealkylation sites (tertiary alicyclic amines) is 1. The van der Waals surface area contributed by atoms with Crippen LogP contribution in [0.25, 0.3) is 0 Å². The van der Waals surface area contributed by atoms with E-state index in [1.807, 2.05) is 11.0 Å². The first-order valence-electron chi connectivity index (χ1n) is 10.7. The lowest BCUT2D eigenvalue weighted by atomic mass is 9.79. The van der Waals surface area contributed by atoms with Gasteiger partial charge in [-0.25, -0.2) is 4.79 Å². The van der Waals surface area contributed by atoms with Gasteiger partial charge in [0.1, 0.15) is 0 Å². The number of fused-ring (bicyclic) bond motifs is 2. The minimum atomic E-state index is -0.699. The molecule has 1 aromatic heterocycles. The zero-order chi connectivity index (χ0) is 19.6. The van der Waals surface area contributed by atoms with Crippen molar-refractivity contribution in [2.75, 3.05) is 13.1 Å². The van der Waals surface area contributed by atoms with Crippen molar-refractivity contribution >= 4 is 11.9 Å². The van der Waals surface area contributed by atoms with E-state index in [-0.39, 0.29) is 17.3 Å². The molecule has 0 bridgehead atoms. The van der Waals surface area contributed by atoms with Gasteiger partial charge in [-0.3, -0.25) is 9.78 Å². The van der Waals surface area contributed by atoms with Crippen LogP contribution in [0.3, 0.4) is 0 Å². The van der Waals surface area contributed by atoms with Gasteiger partial charge in [-0.05, 0) is 48.8 Å². The Morgan fingerprint density at radius 2 is 1.90 bits per heavy atom. The number of carbonyl (C=O) groups excluding carboxylic acids is 2. The van der Waals surface area contributed by atoms with Crippen LogP contribution in [-0.2, 0) is 20.5 Å². The summed E-state index contributed by atoms with van der Waals surface area (Å²) in [5.74, 6) is 0.569. The summed E-state index contributed by atoms with van der Waals surface area (Å²) in [6.07, 6.45) is 9.62. The predicted octanol–water partition coefficient (Wildman–Crippen LogP) is 3.68. The van der Waals surface area contributed by atoms with Gasteiger partial charge in [0.05, 0.1) is 17.5 Å². The van der Waals surface area contributed by atoms with Crippen LogP contribution >= 0.6 is 0 Å². The average Bonchev–Trinajstić information content (AvgIpc) is 3.33. The largest absolute Gasteiger partial charge is 0.449 e. The molecule has 1 atom stereocenters. The summed E-state index contributed by atoms with van der Waals surface area (Å²) >= 11 is 0. The molecule has 148 valence electrons. The molecule has 1 spiro atoms. The summed E-state index contributed by atoms with van der Waals surface area (Å²) in [6.45, 7) is 1.06. The van der Waals surface area contributed by atoms with Crippen LogP contribution in [0.15, 0.2) is 42.7 Å². The van der Waals surface area contributed by atoms with E-state index in [1.165, 1.54) is 24.8 Å². The van der Waals surface area contributed by atoms with Crippen LogP contribution in [0, 0.1) is 0 Å². The normalized spacial score (nSPS) is 26.9. The monoisotopic (exact) mass is 388 g/mol. The molecule has 5 nitrogen and oxygen atoms in total. The molecule has 1 unspecified atom stereocenters. The van der Waals surface area contributed by atoms with E-state index < -0.39 is 5.60 Å². The zero-order valence-electron chi connectivity index (χ0n) is 16.4. The number of benzene rings is 1. The minimum absolute atomic E-state index is 0.185. The molecule has 5 heteroatoms. The SMILES string of the molecule is O=C1OC2(CCN(C(=O)C3(c4ccc(C5CCC5)cc4)CC3)C2)c2ccncc21. The lowest BCUT2D eigenvalue weighted by molar-refractivity contribution is -0.134. The second-order valence-corrected chi connectivity index (χ2v) is 9.11. The van der Waals surface area contributed by atoms with Crippen LogP contribution in [0.1, 0.15) is 71.5 Å². The van der Waals surface area contributed by atoms with Crippen molar-refractivity contribution in [3.63, 3.8) is 0 Å². The van der Waals surface area contributed by atoms with Crippen molar-refractivity contribution in [2.45, 2.75) is 55.5 Å². The number of rotatable bonds is 3. The maximum atomic E-state index is 13.5. The highest BCUT2D eigenvalue weighted by Gasteiger charge is 2.57. The van der Waals surface area contributed by atoms with Gasteiger partial charge in [0.2, 0.25) is 5.91 Å². The second kappa shape index (κ2) is 5.91. The molecule has 1 saturated heterocycles. The van der Waals surface area contributed by atoms with Crippen LogP contribution in [0.4, 0.5) is 0 Å². The highest BCUT2D eigenvalue weighted by molar-refractivity contribution is 5.95. The Balaban J connectivity index is 1.24. The topological polar surface area (TPSA) is 59.5 Å². The van der Waals surface area contributed by atoms with Crippen LogP contribution in [0.5, 0.6) is 0 Å². The molecule has 29 heavy (non-hydrogen) atoms. The summed E-state index contributed by atoms with van der Waals surface area (Å²) in [4.78, 5) is 31.8. The van der Waals surface area contributed by atoms with E-state index in [0.29, 0.717) is 31.0 Å². The third-order valence-electron chi connectivity index (χ3n) is 7.54. The van der Waals surface area contributed by atoms with Gasteiger partial charge in [-0.2, -0.15) is 0 Å². The van der Waals surface area contributed by atoms with E-state index in [4.69, 9.17) is 4.74 Å². The van der Waals surface area contributed by atoms with Gasteiger partial charge < -0.3 is 9.64 Å². The number of esters is 1. The molecule has 1 aromatic carbocycles. The lowest BCUT2D eigenvalue weighted by Crippen LogP contribution is -2.40. The maximum Gasteiger partial charge on any atom is 0.341 e. The number of pyridine rings is 1. The highest BCUT2D eigenvalue weighted by Crippen LogP contribution is 2.52. The Morgan fingerprint density at radius 3 is 2.59 bits per heavy atom. The number of hydrogen-bond acceptors (Lipinski definition) is 4. The van der Waals surface area contributed by atoms with Gasteiger partial charge in [0, 0.05) is 30.9 Å². The molecule has 1 amide bonds. The third-order valence-corrected chi connectivity index (χ3v) is 7.54. The first-order valence-corrected chi connectivity index (χ1v) is 10.7. The highest BCUT2D eigenvalue weighted by atomic mass is 16.6. The smallest absolute Gasteiger partial charge is 0.341 e. The van der Waals surface area contributed by atoms with Gasteiger partial charge >= 0.3 is 5.97 Å². The number of hydrogen-bond donors (Lipinski definition) is 0. The van der Waals surface area contributed by atoms with Gasteiger partial charge in [0.15, 0.2) is 5.60 Å². The average molecular weight is 388 g/mol. The molecule has 0 radical (unpaired) electrons. The number of amides is 1. The Hall–Kier alpha value is -2.69. The van der Waals surface area contributed by atoms with E-state index in [2.05, 4.69) is 29.2 Å². The van der Waals surface area contributed by atoms with Crippen LogP contribution in [-0.4, -0.2) is 34.8 Å². The fourth-order valence-corrected chi connectivity index (χ4v) is 5.37. The van der Waals surface area contributed by atoms with Gasteiger partial charge in [-0.15, -0.1) is 0 Å². The van der Waals surface area contributed by atoms with Crippen molar-refractivity contribution in [3.05, 3.63) is 65.0 Å². The summed E-state index contributed by atoms with van der Waals surface area (Å²) in [7, 11) is 0. The molecular weight excluding hydrogens is 364 g/mol. The maximum absolute atomic E-state index is 13.5. The van der Waals surface area contributed by atoms with Crippen molar-refractivity contribution in [1.82, 2.24) is 9.88 Å². The van der Waals surface area contributed by atoms with E-state index in [9.17, 15) is 9.59 Å². The Morgan fingerprint density at radius 1 is 1.10 bits per heavy atom. The van der Waals surface area contributed by atoms with Crippen molar-refractivity contribution in [3.8, 4) is 0 Å². The fraction of sp³-hybridized carbons (Fsp3) is 0.458. The summed E-state index contributed by atoms with van der Waals surface area (Å²) in [6, 6.07) is 10.6. The molecule has 2 aromatic rings. The van der Waals surface area contributed by atoms with E-state index >= 15 is 0 Å². The number of aromatic nitrogens is 1. The fourth-order valence-electron chi connectivity index (χ4n) is 5.37. The first kappa shape index (κ1) is 17.2. The molecule has 2 aliphatic carbocycles. The number of nitrogens with zero attached hydrogens (tertiary/aromatic N) is 2. The van der Waals surface area contributed by atoms with E-state index in [0.717, 1.165) is 24.0 Å². The molecule has 4 aliphatic rings. The summed E-state index contributed by atoms with van der Waals surface area (Å²) < 4.78 is 5.79. The number of carbonyl (C=O) groups is 2. The third kappa shape index (κ3) is 2.42. The van der Waals surface area contributed by atoms with Gasteiger partial charge in [0.25, 0.3) is 0 Å². The van der Waals surface area contributed by atoms with Crippen LogP contribution < -0.4 is 0 Å². The Bertz CT molecular complexity index is 1010. The minimum Gasteiger partial charge on any atom is -0.449 e. The Labute approximate surface area is 170 Å². The summed E-state index contributed by atoms with van der Waals surface area (Å²) in [5.41, 5.74) is 2.88. The Kier molecular flexibility index (Phi) is 3.50. The summed E-state index contributed by atoms with van der Waals surface area (Å²) in [5, 5.41) is 0. The molecule has 0 N–H and O–H groups in total. The predicted molar refractivity (Wildman–Crippen MR) is 106 cm³/mol. The van der Waals surface area contributed by atoms with Crippen LogP contribution in [0.2, 0.25) is 0 Å². The first-order chi connectivity index (χ1) is 14.1.